The maximum atomic E-state index is 10.5. The van der Waals surface area contributed by atoms with E-state index in [0.29, 0.717) is 25.7 Å². The third kappa shape index (κ3) is 8.66. The molecular formula is C20H34O5. The molecule has 5 heteroatoms. The van der Waals surface area contributed by atoms with Gasteiger partial charge in [0.15, 0.2) is 0 Å². The number of allylic oxidation sites excluding steroid dienone is 2. The Morgan fingerprint density at radius 2 is 1.92 bits per heavy atom. The Bertz CT molecular complexity index is 432. The Morgan fingerprint density at radius 3 is 2.60 bits per heavy atom. The van der Waals surface area contributed by atoms with Gasteiger partial charge in [-0.3, -0.25) is 4.79 Å². The first-order chi connectivity index (χ1) is 12.0. The van der Waals surface area contributed by atoms with Crippen LogP contribution in [0.2, 0.25) is 0 Å². The zero-order valence-corrected chi connectivity index (χ0v) is 15.3. The van der Waals surface area contributed by atoms with E-state index >= 15 is 0 Å². The number of aliphatic hydroxyl groups is 3. The summed E-state index contributed by atoms with van der Waals surface area (Å²) in [6.07, 6.45) is 12.3. The number of aliphatic hydroxyl groups excluding tert-OH is 3. The quantitative estimate of drug-likeness (QED) is 0.319. The first-order valence-corrected chi connectivity index (χ1v) is 9.55. The number of unbranched alkanes of at least 4 members (excludes halogenated alkanes) is 3. The number of aliphatic carboxylic acids is 1. The fourth-order valence-electron chi connectivity index (χ4n) is 3.38. The average Bonchev–Trinajstić information content (AvgIpc) is 2.82. The van der Waals surface area contributed by atoms with Gasteiger partial charge in [0, 0.05) is 18.8 Å². The lowest BCUT2D eigenvalue weighted by molar-refractivity contribution is -0.137. The minimum atomic E-state index is -0.817. The van der Waals surface area contributed by atoms with E-state index in [1.54, 1.807) is 6.08 Å². The SMILES string of the molecule is CCCCC=CC[C@@H]1[C@@H](C=C[C@@H](O)CCCCC(=O)O)[C@H](O)C[C@@H]1O. The predicted octanol–water partition coefficient (Wildman–Crippen LogP) is 3.04. The van der Waals surface area contributed by atoms with E-state index in [1.165, 1.54) is 0 Å². The molecule has 4 N–H and O–H groups in total. The summed E-state index contributed by atoms with van der Waals surface area (Å²) in [5.41, 5.74) is 0. The van der Waals surface area contributed by atoms with Crippen LogP contribution in [-0.4, -0.2) is 44.7 Å². The first kappa shape index (κ1) is 21.9. The maximum absolute atomic E-state index is 10.5. The summed E-state index contributed by atoms with van der Waals surface area (Å²) in [5, 5.41) is 38.9. The first-order valence-electron chi connectivity index (χ1n) is 9.55. The monoisotopic (exact) mass is 354 g/mol. The van der Waals surface area contributed by atoms with Crippen molar-refractivity contribution in [1.82, 2.24) is 0 Å². The van der Waals surface area contributed by atoms with Gasteiger partial charge in [-0.15, -0.1) is 0 Å². The number of carboxylic acid groups (broad SMARTS) is 1. The Kier molecular flexibility index (Phi) is 10.7. The van der Waals surface area contributed by atoms with E-state index in [0.717, 1.165) is 25.7 Å². The molecule has 25 heavy (non-hydrogen) atoms. The number of carboxylic acids is 1. The molecule has 0 spiro atoms. The molecule has 0 unspecified atom stereocenters. The van der Waals surface area contributed by atoms with E-state index in [-0.39, 0.29) is 18.3 Å². The van der Waals surface area contributed by atoms with Crippen LogP contribution in [0, 0.1) is 11.8 Å². The van der Waals surface area contributed by atoms with Crippen molar-refractivity contribution in [2.24, 2.45) is 11.8 Å². The molecule has 0 heterocycles. The van der Waals surface area contributed by atoms with Gasteiger partial charge in [-0.25, -0.2) is 0 Å². The maximum Gasteiger partial charge on any atom is 0.303 e. The lowest BCUT2D eigenvalue weighted by atomic mass is 9.89. The minimum absolute atomic E-state index is 0.0247. The van der Waals surface area contributed by atoms with E-state index in [4.69, 9.17) is 5.11 Å². The van der Waals surface area contributed by atoms with Gasteiger partial charge in [0.2, 0.25) is 0 Å². The second-order valence-electron chi connectivity index (χ2n) is 7.05. The highest BCUT2D eigenvalue weighted by atomic mass is 16.4. The van der Waals surface area contributed by atoms with Crippen molar-refractivity contribution < 1.29 is 25.2 Å². The number of hydrogen-bond donors (Lipinski definition) is 4. The third-order valence-corrected chi connectivity index (χ3v) is 4.91. The summed E-state index contributed by atoms with van der Waals surface area (Å²) < 4.78 is 0. The van der Waals surface area contributed by atoms with Crippen molar-refractivity contribution in [3.63, 3.8) is 0 Å². The topological polar surface area (TPSA) is 98.0 Å². The zero-order chi connectivity index (χ0) is 18.7. The molecule has 5 atom stereocenters. The van der Waals surface area contributed by atoms with Gasteiger partial charge >= 0.3 is 5.97 Å². The van der Waals surface area contributed by atoms with Crippen LogP contribution < -0.4 is 0 Å². The Labute approximate surface area is 151 Å². The number of carbonyl (C=O) groups is 1. The zero-order valence-electron chi connectivity index (χ0n) is 15.3. The second kappa shape index (κ2) is 12.2. The Morgan fingerprint density at radius 1 is 1.16 bits per heavy atom. The van der Waals surface area contributed by atoms with Crippen molar-refractivity contribution in [2.75, 3.05) is 0 Å². The fourth-order valence-corrected chi connectivity index (χ4v) is 3.38. The summed E-state index contributed by atoms with van der Waals surface area (Å²) in [6.45, 7) is 2.15. The largest absolute Gasteiger partial charge is 0.481 e. The van der Waals surface area contributed by atoms with Crippen molar-refractivity contribution in [3.8, 4) is 0 Å². The molecular weight excluding hydrogens is 320 g/mol. The van der Waals surface area contributed by atoms with Crippen LogP contribution in [0.5, 0.6) is 0 Å². The molecule has 1 aliphatic carbocycles. The van der Waals surface area contributed by atoms with Gasteiger partial charge in [-0.1, -0.05) is 44.1 Å². The van der Waals surface area contributed by atoms with Crippen LogP contribution >= 0.6 is 0 Å². The molecule has 1 saturated carbocycles. The van der Waals surface area contributed by atoms with Gasteiger partial charge in [-0.05, 0) is 38.0 Å². The lowest BCUT2D eigenvalue weighted by Crippen LogP contribution is -2.20. The molecule has 1 rings (SSSR count). The second-order valence-corrected chi connectivity index (χ2v) is 7.05. The van der Waals surface area contributed by atoms with Gasteiger partial charge in [0.1, 0.15) is 0 Å². The third-order valence-electron chi connectivity index (χ3n) is 4.91. The smallest absolute Gasteiger partial charge is 0.303 e. The fraction of sp³-hybridized carbons (Fsp3) is 0.750. The Balaban J connectivity index is 2.45. The molecule has 0 aliphatic heterocycles. The molecule has 1 fully saturated rings. The molecule has 1 aliphatic rings. The van der Waals surface area contributed by atoms with Crippen LogP contribution in [-0.2, 0) is 4.79 Å². The summed E-state index contributed by atoms with van der Waals surface area (Å²) in [5.74, 6) is -0.995. The van der Waals surface area contributed by atoms with Crippen LogP contribution in [0.4, 0.5) is 0 Å². The van der Waals surface area contributed by atoms with E-state index < -0.39 is 24.3 Å². The summed E-state index contributed by atoms with van der Waals surface area (Å²) in [7, 11) is 0. The molecule has 0 radical (unpaired) electrons. The van der Waals surface area contributed by atoms with E-state index in [9.17, 15) is 20.1 Å². The van der Waals surface area contributed by atoms with Crippen LogP contribution in [0.15, 0.2) is 24.3 Å². The Hall–Kier alpha value is -1.17. The highest BCUT2D eigenvalue weighted by molar-refractivity contribution is 5.66. The van der Waals surface area contributed by atoms with E-state index in [2.05, 4.69) is 19.1 Å². The number of hydrogen-bond acceptors (Lipinski definition) is 4. The molecule has 0 aromatic heterocycles. The van der Waals surface area contributed by atoms with Crippen molar-refractivity contribution in [2.45, 2.75) is 83.0 Å². The summed E-state index contributed by atoms with van der Waals surface area (Å²) >= 11 is 0. The van der Waals surface area contributed by atoms with Gasteiger partial charge < -0.3 is 20.4 Å². The predicted molar refractivity (Wildman–Crippen MR) is 98.1 cm³/mol. The minimum Gasteiger partial charge on any atom is -0.481 e. The van der Waals surface area contributed by atoms with Crippen molar-refractivity contribution >= 4 is 5.97 Å². The van der Waals surface area contributed by atoms with Gasteiger partial charge in [0.05, 0.1) is 18.3 Å². The molecule has 0 aromatic carbocycles. The average molecular weight is 354 g/mol. The highest BCUT2D eigenvalue weighted by Crippen LogP contribution is 2.36. The van der Waals surface area contributed by atoms with E-state index in [1.807, 2.05) is 6.08 Å². The lowest BCUT2D eigenvalue weighted by Gasteiger charge is -2.19. The highest BCUT2D eigenvalue weighted by Gasteiger charge is 2.39. The van der Waals surface area contributed by atoms with Crippen molar-refractivity contribution in [3.05, 3.63) is 24.3 Å². The summed E-state index contributed by atoms with van der Waals surface area (Å²) in [6, 6.07) is 0. The molecule has 5 nitrogen and oxygen atoms in total. The van der Waals surface area contributed by atoms with Crippen molar-refractivity contribution in [1.29, 1.82) is 0 Å². The molecule has 0 saturated heterocycles. The molecule has 0 amide bonds. The molecule has 0 bridgehead atoms. The van der Waals surface area contributed by atoms with Crippen LogP contribution in [0.1, 0.15) is 64.7 Å². The number of rotatable bonds is 12. The molecule has 144 valence electrons. The van der Waals surface area contributed by atoms with Gasteiger partial charge in [-0.2, -0.15) is 0 Å². The standard InChI is InChI=1S/C20H34O5/c1-2-3-4-5-6-10-16-17(19(23)14-18(16)22)13-12-15(21)9-7-8-11-20(24)25/h5-6,12-13,15-19,21-23H,2-4,7-11,14H2,1H3,(H,24,25)/t15-,16+,17+,18-,19+/m0/s1. The molecule has 0 aromatic rings. The van der Waals surface area contributed by atoms with Crippen LogP contribution in [0.25, 0.3) is 0 Å². The normalized spacial score (nSPS) is 28.2. The summed E-state index contributed by atoms with van der Waals surface area (Å²) in [4.78, 5) is 10.5. The van der Waals surface area contributed by atoms with Crippen LogP contribution in [0.3, 0.4) is 0 Å². The van der Waals surface area contributed by atoms with Gasteiger partial charge in [0.25, 0.3) is 0 Å².